The third kappa shape index (κ3) is 5.40. The lowest BCUT2D eigenvalue weighted by Crippen LogP contribution is -1.97. The van der Waals surface area contributed by atoms with Crippen molar-refractivity contribution in [1.29, 1.82) is 0 Å². The number of hydrogen-bond donors (Lipinski definition) is 0. The molecule has 0 unspecified atom stereocenters. The fourth-order valence-electron chi connectivity index (χ4n) is 8.43. The minimum Gasteiger partial charge on any atom is -0.264 e. The van der Waals surface area contributed by atoms with Crippen LogP contribution in [-0.4, -0.2) is 15.0 Å². The molecule has 2 aromatic heterocycles. The Bertz CT molecular complexity index is 3200. The molecule has 3 nitrogen and oxygen atoms in total. The van der Waals surface area contributed by atoms with Crippen molar-refractivity contribution in [2.45, 2.75) is 0 Å². The summed E-state index contributed by atoms with van der Waals surface area (Å²) >= 11 is 0. The van der Waals surface area contributed by atoms with Crippen LogP contribution in [0.15, 0.2) is 200 Å². The molecule has 0 fully saturated rings. The molecule has 0 atom stereocenters. The molecule has 0 spiro atoms. The predicted octanol–water partition coefficient (Wildman–Crippen LogP) is 13.9. The van der Waals surface area contributed by atoms with E-state index in [9.17, 15) is 0 Å². The van der Waals surface area contributed by atoms with Gasteiger partial charge in [-0.1, -0.05) is 176 Å². The molecule has 11 rings (SSSR count). The number of fused-ring (bicyclic) bond motifs is 1. The smallest absolute Gasteiger partial charge is 0.160 e. The molecule has 0 aliphatic rings. The first-order chi connectivity index (χ1) is 27.7. The molecule has 0 N–H and O–H groups in total. The lowest BCUT2D eigenvalue weighted by molar-refractivity contribution is 1.18. The summed E-state index contributed by atoms with van der Waals surface area (Å²) in [5, 5.41) is 10.2. The normalized spacial score (nSPS) is 11.6. The Balaban J connectivity index is 1.03. The minimum absolute atomic E-state index is 0.679. The maximum Gasteiger partial charge on any atom is 0.160 e. The summed E-state index contributed by atoms with van der Waals surface area (Å²) in [6, 6.07) is 67.2. The summed E-state index contributed by atoms with van der Waals surface area (Å²) < 4.78 is 0. The summed E-state index contributed by atoms with van der Waals surface area (Å²) in [5.41, 5.74) is 11.6. The van der Waals surface area contributed by atoms with Gasteiger partial charge in [0, 0.05) is 34.6 Å². The first kappa shape index (κ1) is 32.0. The molecule has 2 heterocycles. The molecule has 0 bridgehead atoms. The summed E-state index contributed by atoms with van der Waals surface area (Å²) in [7, 11) is 0. The van der Waals surface area contributed by atoms with Gasteiger partial charge in [0.05, 0.1) is 11.4 Å². The average Bonchev–Trinajstić information content (AvgIpc) is 3.28. The predicted molar refractivity (Wildman–Crippen MR) is 234 cm³/mol. The average molecular weight is 712 g/mol. The van der Waals surface area contributed by atoms with Gasteiger partial charge in [0.25, 0.3) is 0 Å². The topological polar surface area (TPSA) is 38.7 Å². The van der Waals surface area contributed by atoms with E-state index in [1.807, 2.05) is 12.3 Å². The van der Waals surface area contributed by atoms with E-state index in [2.05, 4.69) is 187 Å². The largest absolute Gasteiger partial charge is 0.264 e. The van der Waals surface area contributed by atoms with Crippen molar-refractivity contribution in [3.63, 3.8) is 0 Å². The molecule has 56 heavy (non-hydrogen) atoms. The van der Waals surface area contributed by atoms with Gasteiger partial charge in [-0.3, -0.25) is 4.98 Å². The summed E-state index contributed by atoms with van der Waals surface area (Å²) in [4.78, 5) is 14.9. The van der Waals surface area contributed by atoms with E-state index < -0.39 is 0 Å². The van der Waals surface area contributed by atoms with Crippen molar-refractivity contribution in [1.82, 2.24) is 15.0 Å². The number of nitrogens with zero attached hydrogens (tertiary/aromatic N) is 3. The van der Waals surface area contributed by atoms with Crippen LogP contribution in [0, 0.1) is 0 Å². The maximum absolute atomic E-state index is 5.26. The van der Waals surface area contributed by atoms with Gasteiger partial charge in [0.2, 0.25) is 0 Å². The van der Waals surface area contributed by atoms with Crippen LogP contribution in [0.25, 0.3) is 110 Å². The zero-order valence-electron chi connectivity index (χ0n) is 30.4. The molecule has 0 saturated heterocycles. The molecular weight excluding hydrogens is 679 g/mol. The second-order valence-corrected chi connectivity index (χ2v) is 14.4. The van der Waals surface area contributed by atoms with Gasteiger partial charge in [-0.15, -0.1) is 0 Å². The van der Waals surface area contributed by atoms with Crippen LogP contribution in [0.5, 0.6) is 0 Å². The third-order valence-electron chi connectivity index (χ3n) is 11.2. The fourth-order valence-corrected chi connectivity index (χ4v) is 8.43. The van der Waals surface area contributed by atoms with Crippen molar-refractivity contribution in [2.24, 2.45) is 0 Å². The van der Waals surface area contributed by atoms with Crippen molar-refractivity contribution < 1.29 is 0 Å². The zero-order valence-corrected chi connectivity index (χ0v) is 30.4. The van der Waals surface area contributed by atoms with E-state index >= 15 is 0 Å². The Morgan fingerprint density at radius 2 is 0.875 bits per heavy atom. The number of pyridine rings is 1. The van der Waals surface area contributed by atoms with Crippen LogP contribution >= 0.6 is 0 Å². The number of rotatable bonds is 6. The highest BCUT2D eigenvalue weighted by molar-refractivity contribution is 6.25. The third-order valence-corrected chi connectivity index (χ3v) is 11.2. The Hall–Kier alpha value is -7.49. The first-order valence-corrected chi connectivity index (χ1v) is 19.0. The second kappa shape index (κ2) is 13.1. The maximum atomic E-state index is 5.26. The number of benzene rings is 9. The molecule has 9 aromatic carbocycles. The van der Waals surface area contributed by atoms with Crippen LogP contribution in [0.2, 0.25) is 0 Å². The van der Waals surface area contributed by atoms with Crippen molar-refractivity contribution >= 4 is 43.1 Å². The van der Waals surface area contributed by atoms with Gasteiger partial charge in [-0.25, -0.2) is 9.97 Å². The molecule has 0 radical (unpaired) electrons. The molecule has 260 valence electrons. The molecule has 0 aliphatic heterocycles. The van der Waals surface area contributed by atoms with Gasteiger partial charge >= 0.3 is 0 Å². The summed E-state index contributed by atoms with van der Waals surface area (Å²) in [6.07, 6.45) is 3.71. The standard InChI is InChI=1S/C53H33N3/c1-2-13-43-34(8-1)9-6-16-44(43)35-17-21-37(22-18-35)49-32-50(47-15-4-3-14-45(47)42-12-7-31-54-33-42)56-53(55-49)41-25-19-36(20-26-41)46-29-27-40-24-23-38-10-5-11-39-28-30-48(46)52(40)51(38)39/h1-33H. The van der Waals surface area contributed by atoms with Crippen LogP contribution in [0.1, 0.15) is 0 Å². The Morgan fingerprint density at radius 1 is 0.304 bits per heavy atom. The van der Waals surface area contributed by atoms with Crippen molar-refractivity contribution in [2.75, 3.05) is 0 Å². The van der Waals surface area contributed by atoms with Crippen LogP contribution in [0.3, 0.4) is 0 Å². The summed E-state index contributed by atoms with van der Waals surface area (Å²) in [6.45, 7) is 0. The quantitative estimate of drug-likeness (QED) is 0.161. The van der Waals surface area contributed by atoms with E-state index in [4.69, 9.17) is 9.97 Å². The molecule has 3 heteroatoms. The monoisotopic (exact) mass is 711 g/mol. The Morgan fingerprint density at radius 3 is 1.66 bits per heavy atom. The molecule has 0 amide bonds. The van der Waals surface area contributed by atoms with Crippen LogP contribution in [0.4, 0.5) is 0 Å². The van der Waals surface area contributed by atoms with E-state index in [-0.39, 0.29) is 0 Å². The van der Waals surface area contributed by atoms with Gasteiger partial charge in [0.15, 0.2) is 5.82 Å². The highest BCUT2D eigenvalue weighted by Crippen LogP contribution is 2.40. The highest BCUT2D eigenvalue weighted by Gasteiger charge is 2.16. The van der Waals surface area contributed by atoms with Gasteiger partial charge < -0.3 is 0 Å². The van der Waals surface area contributed by atoms with Gasteiger partial charge in [0.1, 0.15) is 0 Å². The Labute approximate surface area is 324 Å². The molecular formula is C53H33N3. The lowest BCUT2D eigenvalue weighted by Gasteiger charge is -2.15. The van der Waals surface area contributed by atoms with E-state index in [0.717, 1.165) is 44.8 Å². The van der Waals surface area contributed by atoms with Crippen molar-refractivity contribution in [3.8, 4) is 67.3 Å². The lowest BCUT2D eigenvalue weighted by atomic mass is 9.90. The minimum atomic E-state index is 0.679. The zero-order chi connectivity index (χ0) is 37.0. The SMILES string of the molecule is c1cncc(-c2ccccc2-c2cc(-c3ccc(-c4cccc5ccccc45)cc3)nc(-c3ccc(-c4ccc5ccc6cccc7ccc4c5c67)cc3)n2)c1. The first-order valence-electron chi connectivity index (χ1n) is 19.0. The van der Waals surface area contributed by atoms with Crippen molar-refractivity contribution in [3.05, 3.63) is 200 Å². The van der Waals surface area contributed by atoms with E-state index in [1.165, 1.54) is 59.8 Å². The molecule has 0 aliphatic carbocycles. The number of hydrogen-bond acceptors (Lipinski definition) is 3. The fraction of sp³-hybridized carbons (Fsp3) is 0. The number of aromatic nitrogens is 3. The van der Waals surface area contributed by atoms with E-state index in [1.54, 1.807) is 6.20 Å². The molecule has 11 aromatic rings. The Kier molecular flexibility index (Phi) is 7.49. The van der Waals surface area contributed by atoms with Crippen LogP contribution < -0.4 is 0 Å². The van der Waals surface area contributed by atoms with Gasteiger partial charge in [-0.2, -0.15) is 0 Å². The summed E-state index contributed by atoms with van der Waals surface area (Å²) in [5.74, 6) is 0.679. The highest BCUT2D eigenvalue weighted by atomic mass is 14.9. The molecule has 0 saturated carbocycles. The second-order valence-electron chi connectivity index (χ2n) is 14.4. The van der Waals surface area contributed by atoms with E-state index in [0.29, 0.717) is 5.82 Å². The van der Waals surface area contributed by atoms with Crippen LogP contribution in [-0.2, 0) is 0 Å². The van der Waals surface area contributed by atoms with Gasteiger partial charge in [-0.05, 0) is 83.0 Å².